The topological polar surface area (TPSA) is 45.0 Å². The van der Waals surface area contributed by atoms with E-state index >= 15 is 0 Å². The Morgan fingerprint density at radius 2 is 1.70 bits per heavy atom. The van der Waals surface area contributed by atoms with Crippen LogP contribution in [0.5, 0.6) is 0 Å². The molecule has 2 aromatic carbocycles. The molecule has 0 saturated carbocycles. The standard InChI is InChI=1S/C22H27F2N3/c1-3-27(4-2)17-10-8-15(9-11-17)21-18(7-5-6-12-25)19-13-16(23)14-20(24)22(19)26-21/h8-11,13-14,26H,3-7,12,25H2,1-2H3. The second kappa shape index (κ2) is 8.53. The first-order valence-corrected chi connectivity index (χ1v) is 9.64. The van der Waals surface area contributed by atoms with Crippen molar-refractivity contribution < 1.29 is 8.78 Å². The minimum atomic E-state index is -0.559. The summed E-state index contributed by atoms with van der Waals surface area (Å²) in [6.07, 6.45) is 2.49. The number of benzene rings is 2. The van der Waals surface area contributed by atoms with Crippen LogP contribution >= 0.6 is 0 Å². The summed E-state index contributed by atoms with van der Waals surface area (Å²) >= 11 is 0. The fraction of sp³-hybridized carbons (Fsp3) is 0.364. The Bertz CT molecular complexity index is 896. The van der Waals surface area contributed by atoms with Crippen LogP contribution in [-0.2, 0) is 6.42 Å². The Morgan fingerprint density at radius 1 is 1.00 bits per heavy atom. The highest BCUT2D eigenvalue weighted by atomic mass is 19.1. The Labute approximate surface area is 159 Å². The fourth-order valence-corrected chi connectivity index (χ4v) is 3.65. The molecule has 3 N–H and O–H groups in total. The maximum absolute atomic E-state index is 14.3. The molecule has 5 heteroatoms. The van der Waals surface area contributed by atoms with E-state index in [0.717, 1.165) is 60.9 Å². The monoisotopic (exact) mass is 371 g/mol. The number of nitrogens with zero attached hydrogens (tertiary/aromatic N) is 1. The first-order valence-electron chi connectivity index (χ1n) is 9.64. The number of nitrogens with one attached hydrogen (secondary N) is 1. The number of aromatic amines is 1. The summed E-state index contributed by atoms with van der Waals surface area (Å²) in [5.41, 5.74) is 9.92. The molecule has 0 saturated heterocycles. The zero-order valence-corrected chi connectivity index (χ0v) is 16.0. The number of aromatic nitrogens is 1. The second-order valence-electron chi connectivity index (χ2n) is 6.75. The molecule has 0 aliphatic rings. The van der Waals surface area contributed by atoms with Crippen molar-refractivity contribution in [2.45, 2.75) is 33.1 Å². The number of nitrogens with two attached hydrogens (primary N) is 1. The molecule has 0 radical (unpaired) electrons. The van der Waals surface area contributed by atoms with Crippen molar-refractivity contribution in [3.63, 3.8) is 0 Å². The average Bonchev–Trinajstić information content (AvgIpc) is 3.02. The van der Waals surface area contributed by atoms with Crippen molar-refractivity contribution in [3.05, 3.63) is 53.6 Å². The molecule has 1 heterocycles. The van der Waals surface area contributed by atoms with Gasteiger partial charge in [-0.2, -0.15) is 0 Å². The molecule has 3 aromatic rings. The number of aryl methyl sites for hydroxylation is 1. The molecule has 1 aromatic heterocycles. The van der Waals surface area contributed by atoms with Gasteiger partial charge in [0.1, 0.15) is 11.6 Å². The fourth-order valence-electron chi connectivity index (χ4n) is 3.65. The summed E-state index contributed by atoms with van der Waals surface area (Å²) in [5.74, 6) is -1.11. The van der Waals surface area contributed by atoms with Crippen LogP contribution in [0.2, 0.25) is 0 Å². The van der Waals surface area contributed by atoms with Crippen molar-refractivity contribution in [2.75, 3.05) is 24.5 Å². The molecule has 0 aliphatic heterocycles. The van der Waals surface area contributed by atoms with E-state index in [2.05, 4.69) is 35.9 Å². The van der Waals surface area contributed by atoms with Gasteiger partial charge in [-0.3, -0.25) is 0 Å². The van der Waals surface area contributed by atoms with Gasteiger partial charge in [0.2, 0.25) is 0 Å². The van der Waals surface area contributed by atoms with Gasteiger partial charge in [0, 0.05) is 35.9 Å². The maximum atomic E-state index is 14.3. The number of hydrogen-bond acceptors (Lipinski definition) is 2. The predicted molar refractivity (Wildman–Crippen MR) is 109 cm³/mol. The summed E-state index contributed by atoms with van der Waals surface area (Å²) in [4.78, 5) is 5.46. The second-order valence-corrected chi connectivity index (χ2v) is 6.75. The van der Waals surface area contributed by atoms with Crippen LogP contribution in [0.3, 0.4) is 0 Å². The third-order valence-electron chi connectivity index (χ3n) is 5.10. The largest absolute Gasteiger partial charge is 0.372 e. The van der Waals surface area contributed by atoms with Gasteiger partial charge in [-0.15, -0.1) is 0 Å². The van der Waals surface area contributed by atoms with E-state index in [1.807, 2.05) is 12.1 Å². The molecular weight excluding hydrogens is 344 g/mol. The van der Waals surface area contributed by atoms with E-state index in [9.17, 15) is 8.78 Å². The van der Waals surface area contributed by atoms with Gasteiger partial charge in [0.05, 0.1) is 5.52 Å². The minimum Gasteiger partial charge on any atom is -0.372 e. The van der Waals surface area contributed by atoms with Crippen LogP contribution in [0, 0.1) is 11.6 Å². The molecule has 27 heavy (non-hydrogen) atoms. The van der Waals surface area contributed by atoms with Gasteiger partial charge in [0.15, 0.2) is 0 Å². The SMILES string of the molecule is CCN(CC)c1ccc(-c2[nH]c3c(F)cc(F)cc3c2CCCCN)cc1. The number of unbranched alkanes of at least 4 members (excludes halogenated alkanes) is 1. The molecule has 144 valence electrons. The normalized spacial score (nSPS) is 11.3. The summed E-state index contributed by atoms with van der Waals surface area (Å²) < 4.78 is 28.1. The lowest BCUT2D eigenvalue weighted by Gasteiger charge is -2.21. The van der Waals surface area contributed by atoms with Crippen molar-refractivity contribution in [1.82, 2.24) is 4.98 Å². The molecule has 0 spiro atoms. The van der Waals surface area contributed by atoms with Crippen LogP contribution < -0.4 is 10.6 Å². The van der Waals surface area contributed by atoms with E-state index in [-0.39, 0.29) is 0 Å². The highest BCUT2D eigenvalue weighted by molar-refractivity contribution is 5.91. The number of anilines is 1. The van der Waals surface area contributed by atoms with Gasteiger partial charge in [0.25, 0.3) is 0 Å². The van der Waals surface area contributed by atoms with Crippen molar-refractivity contribution in [3.8, 4) is 11.3 Å². The Morgan fingerprint density at radius 3 is 2.33 bits per heavy atom. The zero-order chi connectivity index (χ0) is 19.4. The Kier molecular flexibility index (Phi) is 6.11. The van der Waals surface area contributed by atoms with Gasteiger partial charge in [-0.1, -0.05) is 12.1 Å². The van der Waals surface area contributed by atoms with Crippen molar-refractivity contribution in [1.29, 1.82) is 0 Å². The minimum absolute atomic E-state index is 0.363. The molecule has 3 nitrogen and oxygen atoms in total. The van der Waals surface area contributed by atoms with E-state index in [4.69, 9.17) is 5.73 Å². The van der Waals surface area contributed by atoms with Gasteiger partial charge in [-0.25, -0.2) is 8.78 Å². The highest BCUT2D eigenvalue weighted by Gasteiger charge is 2.17. The summed E-state index contributed by atoms with van der Waals surface area (Å²) in [6, 6.07) is 10.6. The molecule has 0 unspecified atom stereocenters. The molecule has 0 fully saturated rings. The summed E-state index contributed by atoms with van der Waals surface area (Å²) in [6.45, 7) is 6.75. The van der Waals surface area contributed by atoms with Crippen LogP contribution in [0.15, 0.2) is 36.4 Å². The Balaban J connectivity index is 2.06. The molecular formula is C22H27F2N3. The number of halogens is 2. The zero-order valence-electron chi connectivity index (χ0n) is 16.0. The van der Waals surface area contributed by atoms with Crippen LogP contribution in [0.4, 0.5) is 14.5 Å². The van der Waals surface area contributed by atoms with Gasteiger partial charge >= 0.3 is 0 Å². The lowest BCUT2D eigenvalue weighted by molar-refractivity contribution is 0.591. The summed E-state index contributed by atoms with van der Waals surface area (Å²) in [7, 11) is 0. The van der Waals surface area contributed by atoms with Crippen LogP contribution in [-0.4, -0.2) is 24.6 Å². The molecule has 0 atom stereocenters. The first kappa shape index (κ1) is 19.4. The predicted octanol–water partition coefficient (Wildman–Crippen LogP) is 5.24. The van der Waals surface area contributed by atoms with Crippen molar-refractivity contribution in [2.24, 2.45) is 5.73 Å². The van der Waals surface area contributed by atoms with E-state index < -0.39 is 11.6 Å². The smallest absolute Gasteiger partial charge is 0.150 e. The van der Waals surface area contributed by atoms with Gasteiger partial charge < -0.3 is 15.6 Å². The lowest BCUT2D eigenvalue weighted by atomic mass is 10.00. The first-order chi connectivity index (χ1) is 13.1. The van der Waals surface area contributed by atoms with Crippen LogP contribution in [0.1, 0.15) is 32.3 Å². The molecule has 3 rings (SSSR count). The third kappa shape index (κ3) is 3.98. The molecule has 0 aliphatic carbocycles. The van der Waals surface area contributed by atoms with E-state index in [1.54, 1.807) is 0 Å². The van der Waals surface area contributed by atoms with Crippen LogP contribution in [0.25, 0.3) is 22.2 Å². The maximum Gasteiger partial charge on any atom is 0.150 e. The number of fused-ring (bicyclic) bond motifs is 1. The van der Waals surface area contributed by atoms with Gasteiger partial charge in [-0.05, 0) is 69.0 Å². The van der Waals surface area contributed by atoms with Crippen molar-refractivity contribution >= 4 is 16.6 Å². The highest BCUT2D eigenvalue weighted by Crippen LogP contribution is 2.34. The number of H-pyrrole nitrogens is 1. The van der Waals surface area contributed by atoms with E-state index in [0.29, 0.717) is 17.4 Å². The average molecular weight is 371 g/mol. The number of rotatable bonds is 8. The quantitative estimate of drug-likeness (QED) is 0.532. The third-order valence-corrected chi connectivity index (χ3v) is 5.10. The summed E-state index contributed by atoms with van der Waals surface area (Å²) in [5, 5.41) is 0.618. The molecule has 0 bridgehead atoms. The number of hydrogen-bond donors (Lipinski definition) is 2. The lowest BCUT2D eigenvalue weighted by Crippen LogP contribution is -2.21. The van der Waals surface area contributed by atoms with E-state index in [1.165, 1.54) is 6.07 Å². The Hall–Kier alpha value is -2.40. The molecule has 0 amide bonds.